The van der Waals surface area contributed by atoms with Gasteiger partial charge >= 0.3 is 0 Å². The van der Waals surface area contributed by atoms with E-state index in [9.17, 15) is 0 Å². The van der Waals surface area contributed by atoms with E-state index in [4.69, 9.17) is 16.0 Å². The fourth-order valence-corrected chi connectivity index (χ4v) is 3.52. The van der Waals surface area contributed by atoms with Crippen LogP contribution in [0, 0.1) is 6.92 Å². The van der Waals surface area contributed by atoms with Crippen LogP contribution in [-0.4, -0.2) is 15.2 Å². The number of aryl methyl sites for hydroxylation is 1. The van der Waals surface area contributed by atoms with Gasteiger partial charge in [0, 0.05) is 16.3 Å². The van der Waals surface area contributed by atoms with E-state index in [1.54, 1.807) is 0 Å². The molecule has 1 fully saturated rings. The summed E-state index contributed by atoms with van der Waals surface area (Å²) in [5.74, 6) is 1.86. The maximum Gasteiger partial charge on any atom is 0.266 e. The second-order valence-electron chi connectivity index (χ2n) is 6.84. The monoisotopic (exact) mass is 361 g/mol. The van der Waals surface area contributed by atoms with Gasteiger partial charge in [0.2, 0.25) is 5.89 Å². The number of nitrogens with zero attached hydrogens (tertiary/aromatic N) is 3. The smallest absolute Gasteiger partial charge is 0.266 e. The van der Waals surface area contributed by atoms with Crippen LogP contribution < -0.4 is 0 Å². The molecule has 0 amide bonds. The van der Waals surface area contributed by atoms with Gasteiger partial charge in [0.05, 0.1) is 5.52 Å². The van der Waals surface area contributed by atoms with Crippen molar-refractivity contribution in [3.05, 3.63) is 76.6 Å². The minimum absolute atomic E-state index is 0.278. The summed E-state index contributed by atoms with van der Waals surface area (Å²) >= 11 is 5.96. The first kappa shape index (κ1) is 15.5. The van der Waals surface area contributed by atoms with Crippen molar-refractivity contribution in [2.24, 2.45) is 0 Å². The van der Waals surface area contributed by atoms with Gasteiger partial charge < -0.3 is 4.42 Å². The molecule has 1 saturated carbocycles. The van der Waals surface area contributed by atoms with Crippen molar-refractivity contribution in [2.45, 2.75) is 25.2 Å². The third-order valence-electron chi connectivity index (χ3n) is 4.91. The van der Waals surface area contributed by atoms with Crippen molar-refractivity contribution in [2.75, 3.05) is 0 Å². The molecule has 1 aliphatic rings. The minimum atomic E-state index is 0.278. The molecule has 5 heteroatoms. The van der Waals surface area contributed by atoms with Gasteiger partial charge in [-0.3, -0.25) is 0 Å². The van der Waals surface area contributed by atoms with Crippen molar-refractivity contribution >= 4 is 22.5 Å². The molecule has 2 unspecified atom stereocenters. The molecular weight excluding hydrogens is 346 g/mol. The molecule has 2 heterocycles. The number of rotatable bonds is 3. The molecule has 2 atom stereocenters. The molecule has 4 aromatic rings. The maximum atomic E-state index is 5.96. The summed E-state index contributed by atoms with van der Waals surface area (Å²) in [5, 5.41) is 10.3. The first-order valence-electron chi connectivity index (χ1n) is 8.64. The highest BCUT2D eigenvalue weighted by molar-refractivity contribution is 6.30. The van der Waals surface area contributed by atoms with Crippen molar-refractivity contribution in [3.63, 3.8) is 0 Å². The number of benzene rings is 2. The molecule has 0 spiro atoms. The Bertz CT molecular complexity index is 1100. The van der Waals surface area contributed by atoms with E-state index >= 15 is 0 Å². The van der Waals surface area contributed by atoms with Crippen LogP contribution in [0.2, 0.25) is 5.02 Å². The highest BCUT2D eigenvalue weighted by Crippen LogP contribution is 2.54. The van der Waals surface area contributed by atoms with Crippen molar-refractivity contribution < 1.29 is 4.42 Å². The fourth-order valence-electron chi connectivity index (χ4n) is 3.40. The van der Waals surface area contributed by atoms with Gasteiger partial charge in [0.1, 0.15) is 5.69 Å². The van der Waals surface area contributed by atoms with Gasteiger partial charge in [-0.15, -0.1) is 10.2 Å². The SMILES string of the molecule is Cc1ccc2nc(-c3nnc(C4CC4c4ccc(Cl)cc4)o3)ccc2c1. The third-order valence-corrected chi connectivity index (χ3v) is 5.16. The fraction of sp³-hybridized carbons (Fsp3) is 0.190. The van der Waals surface area contributed by atoms with E-state index in [-0.39, 0.29) is 5.92 Å². The Morgan fingerprint density at radius 3 is 2.65 bits per heavy atom. The molecule has 2 aromatic heterocycles. The first-order chi connectivity index (χ1) is 12.7. The Morgan fingerprint density at radius 1 is 0.962 bits per heavy atom. The van der Waals surface area contributed by atoms with Gasteiger partial charge in [-0.25, -0.2) is 4.98 Å². The van der Waals surface area contributed by atoms with Crippen LogP contribution in [0.5, 0.6) is 0 Å². The number of aromatic nitrogens is 3. The van der Waals surface area contributed by atoms with Crippen molar-refractivity contribution in [1.29, 1.82) is 0 Å². The summed E-state index contributed by atoms with van der Waals surface area (Å²) in [7, 11) is 0. The normalized spacial score (nSPS) is 19.0. The van der Waals surface area contributed by atoms with Crippen LogP contribution in [-0.2, 0) is 0 Å². The standard InChI is InChI=1S/C21H16ClN3O/c1-12-2-8-18-14(10-12)5-9-19(23-18)21-25-24-20(26-21)17-11-16(17)13-3-6-15(22)7-4-13/h2-10,16-17H,11H2,1H3. The van der Waals surface area contributed by atoms with E-state index in [0.29, 0.717) is 23.4 Å². The lowest BCUT2D eigenvalue weighted by atomic mass is 10.1. The predicted molar refractivity (Wildman–Crippen MR) is 101 cm³/mol. The van der Waals surface area contributed by atoms with Crippen LogP contribution in [0.4, 0.5) is 0 Å². The van der Waals surface area contributed by atoms with E-state index in [1.807, 2.05) is 30.3 Å². The first-order valence-corrected chi connectivity index (χ1v) is 9.02. The summed E-state index contributed by atoms with van der Waals surface area (Å²) in [5.41, 5.74) is 4.12. The molecule has 26 heavy (non-hydrogen) atoms. The van der Waals surface area contributed by atoms with Gasteiger partial charge in [-0.2, -0.15) is 0 Å². The molecule has 1 aliphatic carbocycles. The molecule has 0 N–H and O–H groups in total. The van der Waals surface area contributed by atoms with Gasteiger partial charge in [0.15, 0.2) is 0 Å². The molecule has 4 nitrogen and oxygen atoms in total. The topological polar surface area (TPSA) is 51.8 Å². The van der Waals surface area contributed by atoms with Crippen LogP contribution in [0.3, 0.4) is 0 Å². The number of halogens is 1. The molecule has 128 valence electrons. The van der Waals surface area contributed by atoms with E-state index < -0.39 is 0 Å². The Kier molecular flexibility index (Phi) is 3.54. The Labute approximate surface area is 155 Å². The zero-order chi connectivity index (χ0) is 17.7. The highest BCUT2D eigenvalue weighted by Gasteiger charge is 2.43. The third kappa shape index (κ3) is 2.76. The Morgan fingerprint density at radius 2 is 1.81 bits per heavy atom. The highest BCUT2D eigenvalue weighted by atomic mass is 35.5. The molecule has 2 aromatic carbocycles. The summed E-state index contributed by atoms with van der Waals surface area (Å²) in [4.78, 5) is 4.66. The van der Waals surface area contributed by atoms with Gasteiger partial charge in [-0.1, -0.05) is 41.4 Å². The largest absolute Gasteiger partial charge is 0.419 e. The van der Waals surface area contributed by atoms with Crippen LogP contribution in [0.1, 0.15) is 35.3 Å². The molecule has 0 aliphatic heterocycles. The number of hydrogen-bond donors (Lipinski definition) is 0. The van der Waals surface area contributed by atoms with Crippen LogP contribution in [0.25, 0.3) is 22.5 Å². The average Bonchev–Trinajstić information content (AvgIpc) is 3.30. The lowest BCUT2D eigenvalue weighted by molar-refractivity contribution is 0.504. The summed E-state index contributed by atoms with van der Waals surface area (Å²) in [6.07, 6.45) is 1.02. The second kappa shape index (κ2) is 5.92. The van der Waals surface area contributed by atoms with Gasteiger partial charge in [0.25, 0.3) is 5.89 Å². The van der Waals surface area contributed by atoms with E-state index in [1.165, 1.54) is 11.1 Å². The van der Waals surface area contributed by atoms with E-state index in [0.717, 1.165) is 22.3 Å². The summed E-state index contributed by atoms with van der Waals surface area (Å²) < 4.78 is 5.93. The summed E-state index contributed by atoms with van der Waals surface area (Å²) in [6.45, 7) is 2.07. The number of fused-ring (bicyclic) bond motifs is 1. The average molecular weight is 362 g/mol. The number of hydrogen-bond acceptors (Lipinski definition) is 4. The van der Waals surface area contributed by atoms with Crippen LogP contribution >= 0.6 is 11.6 Å². The lowest BCUT2D eigenvalue weighted by Crippen LogP contribution is -1.86. The maximum absolute atomic E-state index is 5.96. The van der Waals surface area contributed by atoms with Gasteiger partial charge in [-0.05, 0) is 55.2 Å². The predicted octanol–water partition coefficient (Wildman–Crippen LogP) is 5.52. The van der Waals surface area contributed by atoms with Crippen molar-refractivity contribution in [3.8, 4) is 11.6 Å². The Hall–Kier alpha value is -2.72. The van der Waals surface area contributed by atoms with Crippen molar-refractivity contribution in [1.82, 2.24) is 15.2 Å². The zero-order valence-corrected chi connectivity index (χ0v) is 14.9. The van der Waals surface area contributed by atoms with E-state index in [2.05, 4.69) is 46.4 Å². The minimum Gasteiger partial charge on any atom is -0.419 e. The number of pyridine rings is 1. The zero-order valence-electron chi connectivity index (χ0n) is 14.2. The molecule has 0 saturated heterocycles. The summed E-state index contributed by atoms with van der Waals surface area (Å²) in [6, 6.07) is 18.1. The van der Waals surface area contributed by atoms with Crippen LogP contribution in [0.15, 0.2) is 59.0 Å². The molecule has 0 bridgehead atoms. The quantitative estimate of drug-likeness (QED) is 0.482. The Balaban J connectivity index is 1.40. The molecular formula is C21H16ClN3O. The molecule has 5 rings (SSSR count). The lowest BCUT2D eigenvalue weighted by Gasteiger charge is -2.00. The second-order valence-corrected chi connectivity index (χ2v) is 7.27. The molecule has 0 radical (unpaired) electrons.